The van der Waals surface area contributed by atoms with Crippen LogP contribution in [0.3, 0.4) is 0 Å². The van der Waals surface area contributed by atoms with Gasteiger partial charge in [-0.2, -0.15) is 0 Å². The van der Waals surface area contributed by atoms with Crippen molar-refractivity contribution in [1.29, 1.82) is 0 Å². The Hall–Kier alpha value is -1.32. The Balaban J connectivity index is 2.13. The van der Waals surface area contributed by atoms with E-state index in [9.17, 15) is 0 Å². The number of aromatic nitrogens is 2. The van der Waals surface area contributed by atoms with Crippen LogP contribution in [0.5, 0.6) is 0 Å². The number of rotatable bonds is 8. The number of hydrogen-bond acceptors (Lipinski definition) is 4. The highest BCUT2D eigenvalue weighted by Gasteiger charge is 2.27. The minimum Gasteiger partial charge on any atom is -0.370 e. The van der Waals surface area contributed by atoms with Crippen LogP contribution < -0.4 is 10.6 Å². The molecule has 0 aliphatic heterocycles. The average molecular weight is 262 g/mol. The summed E-state index contributed by atoms with van der Waals surface area (Å²) in [4.78, 5) is 9.31. The van der Waals surface area contributed by atoms with Crippen molar-refractivity contribution in [3.8, 4) is 0 Å². The van der Waals surface area contributed by atoms with Gasteiger partial charge >= 0.3 is 0 Å². The summed E-state index contributed by atoms with van der Waals surface area (Å²) in [6, 6.07) is 2.54. The van der Waals surface area contributed by atoms with Gasteiger partial charge in [0.05, 0.1) is 0 Å². The van der Waals surface area contributed by atoms with E-state index in [1.807, 2.05) is 6.07 Å². The van der Waals surface area contributed by atoms with Gasteiger partial charge < -0.3 is 10.6 Å². The molecule has 0 spiro atoms. The number of nitrogens with zero attached hydrogens (tertiary/aromatic N) is 2. The number of hydrogen-bond donors (Lipinski definition) is 2. The molecule has 0 unspecified atom stereocenters. The van der Waals surface area contributed by atoms with Crippen molar-refractivity contribution < 1.29 is 0 Å². The summed E-state index contributed by atoms with van der Waals surface area (Å²) in [6.45, 7) is 7.55. The van der Waals surface area contributed by atoms with Crippen LogP contribution in [0.1, 0.15) is 64.6 Å². The van der Waals surface area contributed by atoms with Gasteiger partial charge in [0.15, 0.2) is 0 Å². The minimum absolute atomic E-state index is 0.501. The van der Waals surface area contributed by atoms with Crippen LogP contribution in [0, 0.1) is 0 Å². The quantitative estimate of drug-likeness (QED) is 0.748. The Morgan fingerprint density at radius 3 is 2.42 bits per heavy atom. The first-order valence-corrected chi connectivity index (χ1v) is 7.66. The molecule has 1 heterocycles. The zero-order valence-corrected chi connectivity index (χ0v) is 12.4. The van der Waals surface area contributed by atoms with Crippen molar-refractivity contribution in [3.05, 3.63) is 11.9 Å². The van der Waals surface area contributed by atoms with Crippen LogP contribution in [-0.4, -0.2) is 22.6 Å². The van der Waals surface area contributed by atoms with Crippen LogP contribution in [0.25, 0.3) is 0 Å². The maximum Gasteiger partial charge on any atom is 0.136 e. The Labute approximate surface area is 116 Å². The summed E-state index contributed by atoms with van der Waals surface area (Å²) in [7, 11) is 0. The Morgan fingerprint density at radius 1 is 1.16 bits per heavy atom. The molecule has 0 radical (unpaired) electrons. The molecule has 1 aromatic heterocycles. The fraction of sp³-hybridized carbons (Fsp3) is 0.733. The van der Waals surface area contributed by atoms with E-state index in [0.29, 0.717) is 12.0 Å². The molecule has 2 N–H and O–H groups in total. The third-order valence-electron chi connectivity index (χ3n) is 3.58. The molecule has 19 heavy (non-hydrogen) atoms. The minimum atomic E-state index is 0.501. The maximum absolute atomic E-state index is 4.68. The van der Waals surface area contributed by atoms with Gasteiger partial charge in [-0.25, -0.2) is 9.97 Å². The van der Waals surface area contributed by atoms with E-state index >= 15 is 0 Å². The molecule has 2 rings (SSSR count). The predicted octanol–water partition coefficient (Wildman–Crippen LogP) is 3.78. The molecule has 106 valence electrons. The molecule has 1 saturated carbocycles. The summed E-state index contributed by atoms with van der Waals surface area (Å²) in [5.74, 6) is 3.54. The third kappa shape index (κ3) is 4.08. The van der Waals surface area contributed by atoms with E-state index in [1.165, 1.54) is 12.8 Å². The number of nitrogens with one attached hydrogen (secondary N) is 2. The topological polar surface area (TPSA) is 49.8 Å². The number of anilines is 2. The highest BCUT2D eigenvalue weighted by atomic mass is 15.1. The highest BCUT2D eigenvalue weighted by molar-refractivity contribution is 5.48. The normalized spacial score (nSPS) is 14.7. The van der Waals surface area contributed by atoms with Crippen molar-refractivity contribution in [2.75, 3.05) is 17.2 Å². The lowest BCUT2D eigenvalue weighted by Crippen LogP contribution is -2.19. The molecule has 0 bridgehead atoms. The molecule has 1 aromatic rings. The molecule has 1 fully saturated rings. The fourth-order valence-corrected chi connectivity index (χ4v) is 2.11. The lowest BCUT2D eigenvalue weighted by molar-refractivity contribution is 0.667. The predicted molar refractivity (Wildman–Crippen MR) is 80.8 cm³/mol. The van der Waals surface area contributed by atoms with Gasteiger partial charge in [-0.15, -0.1) is 0 Å². The second-order valence-electron chi connectivity index (χ2n) is 5.36. The fourth-order valence-electron chi connectivity index (χ4n) is 2.11. The third-order valence-corrected chi connectivity index (χ3v) is 3.58. The summed E-state index contributed by atoms with van der Waals surface area (Å²) < 4.78 is 0. The Bertz CT molecular complexity index is 397. The monoisotopic (exact) mass is 262 g/mol. The standard InChI is InChI=1S/C15H26N4/c1-4-9-16-13-10-14(17-12(5-2)6-3)19-15(18-13)11-7-8-11/h10-12H,4-9H2,1-3H3,(H2,16,17,18,19). The summed E-state index contributed by atoms with van der Waals surface area (Å²) in [5, 5.41) is 6.90. The molecule has 0 atom stereocenters. The van der Waals surface area contributed by atoms with Crippen LogP contribution in [0.4, 0.5) is 11.6 Å². The van der Waals surface area contributed by atoms with E-state index in [-0.39, 0.29) is 0 Å². The van der Waals surface area contributed by atoms with Gasteiger partial charge in [-0.3, -0.25) is 0 Å². The van der Waals surface area contributed by atoms with Crippen molar-refractivity contribution in [1.82, 2.24) is 9.97 Å². The van der Waals surface area contributed by atoms with Gasteiger partial charge in [0.25, 0.3) is 0 Å². The molecule has 1 aliphatic rings. The summed E-state index contributed by atoms with van der Waals surface area (Å²) >= 11 is 0. The van der Waals surface area contributed by atoms with Gasteiger partial charge in [-0.1, -0.05) is 20.8 Å². The van der Waals surface area contributed by atoms with Crippen LogP contribution in [0.15, 0.2) is 6.07 Å². The summed E-state index contributed by atoms with van der Waals surface area (Å²) in [5.41, 5.74) is 0. The zero-order chi connectivity index (χ0) is 13.7. The van der Waals surface area contributed by atoms with Gasteiger partial charge in [0.2, 0.25) is 0 Å². The SMILES string of the molecule is CCCNc1cc(NC(CC)CC)nc(C2CC2)n1. The molecule has 0 saturated heterocycles. The van der Waals surface area contributed by atoms with Crippen LogP contribution >= 0.6 is 0 Å². The maximum atomic E-state index is 4.68. The molecule has 4 heteroatoms. The van der Waals surface area contributed by atoms with Crippen molar-refractivity contribution in [2.45, 2.75) is 64.8 Å². The molecule has 4 nitrogen and oxygen atoms in total. The van der Waals surface area contributed by atoms with E-state index in [4.69, 9.17) is 0 Å². The van der Waals surface area contributed by atoms with Crippen molar-refractivity contribution in [2.24, 2.45) is 0 Å². The van der Waals surface area contributed by atoms with Crippen molar-refractivity contribution in [3.63, 3.8) is 0 Å². The van der Waals surface area contributed by atoms with E-state index in [1.54, 1.807) is 0 Å². The van der Waals surface area contributed by atoms with Gasteiger partial charge in [0.1, 0.15) is 17.5 Å². The molecular formula is C15H26N4. The summed E-state index contributed by atoms with van der Waals surface area (Å²) in [6.07, 6.45) is 5.83. The van der Waals surface area contributed by atoms with E-state index in [2.05, 4.69) is 41.4 Å². The lowest BCUT2D eigenvalue weighted by Gasteiger charge is -2.17. The van der Waals surface area contributed by atoms with Crippen LogP contribution in [-0.2, 0) is 0 Å². The average Bonchev–Trinajstić information content (AvgIpc) is 3.27. The molecule has 1 aliphatic carbocycles. The smallest absolute Gasteiger partial charge is 0.136 e. The first-order valence-electron chi connectivity index (χ1n) is 7.66. The first-order chi connectivity index (χ1) is 9.26. The zero-order valence-electron chi connectivity index (χ0n) is 12.4. The largest absolute Gasteiger partial charge is 0.370 e. The van der Waals surface area contributed by atoms with E-state index < -0.39 is 0 Å². The van der Waals surface area contributed by atoms with Crippen LogP contribution in [0.2, 0.25) is 0 Å². The Kier molecular flexibility index (Phi) is 5.00. The second kappa shape index (κ2) is 6.73. The first kappa shape index (κ1) is 14.1. The molecule has 0 aromatic carbocycles. The van der Waals surface area contributed by atoms with Crippen molar-refractivity contribution >= 4 is 11.6 Å². The Morgan fingerprint density at radius 2 is 1.84 bits per heavy atom. The highest BCUT2D eigenvalue weighted by Crippen LogP contribution is 2.38. The van der Waals surface area contributed by atoms with Gasteiger partial charge in [-0.05, 0) is 32.1 Å². The lowest BCUT2D eigenvalue weighted by atomic mass is 10.2. The second-order valence-corrected chi connectivity index (χ2v) is 5.36. The van der Waals surface area contributed by atoms with E-state index in [0.717, 1.165) is 43.3 Å². The molecule has 0 amide bonds. The van der Waals surface area contributed by atoms with Gasteiger partial charge in [0, 0.05) is 24.6 Å². The molecular weight excluding hydrogens is 236 g/mol.